The molecule has 0 saturated heterocycles. The van der Waals surface area contributed by atoms with Gasteiger partial charge in [-0.2, -0.15) is 0 Å². The van der Waals surface area contributed by atoms with Crippen LogP contribution in [0.1, 0.15) is 34.8 Å². The Morgan fingerprint density at radius 2 is 1.83 bits per heavy atom. The third kappa shape index (κ3) is 3.42. The topological polar surface area (TPSA) is 80.9 Å². The number of nitrogens with zero attached hydrogens (tertiary/aromatic N) is 3. The fourth-order valence-corrected chi connectivity index (χ4v) is 2.24. The van der Waals surface area contributed by atoms with Crippen LogP contribution < -0.4 is 5.32 Å². The van der Waals surface area contributed by atoms with Crippen molar-refractivity contribution in [3.63, 3.8) is 0 Å². The van der Waals surface area contributed by atoms with Crippen molar-refractivity contribution >= 4 is 5.91 Å². The summed E-state index contributed by atoms with van der Waals surface area (Å²) in [5.41, 5.74) is 3.26. The molecule has 3 aromatic rings. The molecule has 6 nitrogen and oxygen atoms in total. The minimum Gasteiger partial charge on any atom is -0.361 e. The maximum atomic E-state index is 12.1. The Bertz CT molecular complexity index is 797. The number of carbonyl (C=O) groups is 1. The molecule has 0 spiro atoms. The van der Waals surface area contributed by atoms with Crippen LogP contribution in [0.2, 0.25) is 0 Å². The van der Waals surface area contributed by atoms with E-state index in [1.54, 1.807) is 25.4 Å². The van der Waals surface area contributed by atoms with E-state index in [1.807, 2.05) is 31.2 Å². The molecule has 1 aromatic carbocycles. The molecule has 0 bridgehead atoms. The molecule has 0 aliphatic carbocycles. The van der Waals surface area contributed by atoms with E-state index in [0.29, 0.717) is 5.76 Å². The number of hydrogen-bond acceptors (Lipinski definition) is 5. The van der Waals surface area contributed by atoms with Crippen molar-refractivity contribution in [2.45, 2.75) is 19.9 Å². The van der Waals surface area contributed by atoms with Gasteiger partial charge in [0.2, 0.25) is 0 Å². The Hall–Kier alpha value is -3.02. The van der Waals surface area contributed by atoms with Crippen molar-refractivity contribution in [1.29, 1.82) is 0 Å². The van der Waals surface area contributed by atoms with Gasteiger partial charge in [0.05, 0.1) is 6.04 Å². The van der Waals surface area contributed by atoms with Crippen LogP contribution in [-0.4, -0.2) is 21.0 Å². The van der Waals surface area contributed by atoms with E-state index in [9.17, 15) is 4.79 Å². The smallest absolute Gasteiger partial charge is 0.273 e. The van der Waals surface area contributed by atoms with Gasteiger partial charge in [0, 0.05) is 24.0 Å². The summed E-state index contributed by atoms with van der Waals surface area (Å²) >= 11 is 0. The zero-order valence-electron chi connectivity index (χ0n) is 12.9. The van der Waals surface area contributed by atoms with E-state index in [1.165, 1.54) is 6.33 Å². The molecule has 1 N–H and O–H groups in total. The molecule has 1 atom stereocenters. The molecule has 0 aliphatic heterocycles. The van der Waals surface area contributed by atoms with E-state index in [0.717, 1.165) is 16.7 Å². The lowest BCUT2D eigenvalue weighted by molar-refractivity contribution is 0.0930. The third-order valence-corrected chi connectivity index (χ3v) is 3.51. The normalized spacial score (nSPS) is 11.9. The number of aromatic nitrogens is 3. The summed E-state index contributed by atoms with van der Waals surface area (Å²) in [7, 11) is 0. The molecule has 0 aliphatic rings. The van der Waals surface area contributed by atoms with Gasteiger partial charge in [0.1, 0.15) is 12.1 Å². The monoisotopic (exact) mass is 308 g/mol. The fraction of sp³-hybridized carbons (Fsp3) is 0.176. The molecule has 2 aromatic heterocycles. The fourth-order valence-electron chi connectivity index (χ4n) is 2.24. The highest BCUT2D eigenvalue weighted by Crippen LogP contribution is 2.20. The Morgan fingerprint density at radius 1 is 1.13 bits per heavy atom. The lowest BCUT2D eigenvalue weighted by Crippen LogP contribution is -2.26. The molecular weight excluding hydrogens is 292 g/mol. The van der Waals surface area contributed by atoms with Crippen LogP contribution in [0, 0.1) is 6.92 Å². The molecule has 116 valence electrons. The van der Waals surface area contributed by atoms with Gasteiger partial charge >= 0.3 is 0 Å². The first-order chi connectivity index (χ1) is 11.1. The van der Waals surface area contributed by atoms with Crippen molar-refractivity contribution < 1.29 is 9.32 Å². The van der Waals surface area contributed by atoms with Crippen molar-refractivity contribution in [2.24, 2.45) is 0 Å². The predicted octanol–water partition coefficient (Wildman–Crippen LogP) is 2.93. The maximum absolute atomic E-state index is 12.1. The van der Waals surface area contributed by atoms with E-state index in [2.05, 4.69) is 20.4 Å². The Kier molecular flexibility index (Phi) is 4.14. The van der Waals surface area contributed by atoms with E-state index in [-0.39, 0.29) is 17.6 Å². The quantitative estimate of drug-likeness (QED) is 0.801. The van der Waals surface area contributed by atoms with Crippen molar-refractivity contribution in [2.75, 3.05) is 0 Å². The standard InChI is InChI=1S/C17H16N4O2/c1-11-7-16(21-23-11)17(22)20-12(2)13-3-5-14(6-4-13)15-8-18-10-19-9-15/h3-10,12H,1-2H3,(H,20,22)/t12-/m1/s1. The van der Waals surface area contributed by atoms with Gasteiger partial charge in [-0.1, -0.05) is 29.4 Å². The average Bonchev–Trinajstić information content (AvgIpc) is 3.02. The van der Waals surface area contributed by atoms with Crippen molar-refractivity contribution in [3.8, 4) is 11.1 Å². The molecule has 1 amide bonds. The van der Waals surface area contributed by atoms with Crippen LogP contribution >= 0.6 is 0 Å². The first-order valence-electron chi connectivity index (χ1n) is 7.23. The second kappa shape index (κ2) is 6.39. The first-order valence-corrected chi connectivity index (χ1v) is 7.23. The number of aryl methyl sites for hydroxylation is 1. The largest absolute Gasteiger partial charge is 0.361 e. The summed E-state index contributed by atoms with van der Waals surface area (Å²) in [6.45, 7) is 3.67. The minimum atomic E-state index is -0.255. The maximum Gasteiger partial charge on any atom is 0.273 e. The molecular formula is C17H16N4O2. The zero-order chi connectivity index (χ0) is 16.2. The summed E-state index contributed by atoms with van der Waals surface area (Å²) in [5.74, 6) is 0.354. The van der Waals surface area contributed by atoms with Crippen LogP contribution in [-0.2, 0) is 0 Å². The SMILES string of the molecule is Cc1cc(C(=O)N[C@H](C)c2ccc(-c3cncnc3)cc2)no1. The Morgan fingerprint density at radius 3 is 2.43 bits per heavy atom. The molecule has 3 rings (SSSR count). The lowest BCUT2D eigenvalue weighted by atomic mass is 10.0. The summed E-state index contributed by atoms with van der Waals surface area (Å²) in [6.07, 6.45) is 5.03. The molecule has 6 heteroatoms. The second-order valence-corrected chi connectivity index (χ2v) is 5.27. The summed E-state index contributed by atoms with van der Waals surface area (Å²) in [4.78, 5) is 20.1. The van der Waals surface area contributed by atoms with Crippen molar-refractivity contribution in [1.82, 2.24) is 20.4 Å². The summed E-state index contributed by atoms with van der Waals surface area (Å²) in [6, 6.07) is 9.39. The average molecular weight is 308 g/mol. The number of carbonyl (C=O) groups excluding carboxylic acids is 1. The highest BCUT2D eigenvalue weighted by molar-refractivity contribution is 5.92. The van der Waals surface area contributed by atoms with Crippen molar-refractivity contribution in [3.05, 3.63) is 66.1 Å². The van der Waals surface area contributed by atoms with Gasteiger partial charge in [-0.05, 0) is 25.0 Å². The number of hydrogen-bond donors (Lipinski definition) is 1. The lowest BCUT2D eigenvalue weighted by Gasteiger charge is -2.13. The summed E-state index contributed by atoms with van der Waals surface area (Å²) < 4.78 is 4.91. The van der Waals surface area contributed by atoms with Crippen LogP contribution in [0.25, 0.3) is 11.1 Å². The predicted molar refractivity (Wildman–Crippen MR) is 84.6 cm³/mol. The molecule has 23 heavy (non-hydrogen) atoms. The van der Waals surface area contributed by atoms with Gasteiger partial charge < -0.3 is 9.84 Å². The van der Waals surface area contributed by atoms with Gasteiger partial charge in [0.25, 0.3) is 5.91 Å². The van der Waals surface area contributed by atoms with Crippen LogP contribution in [0.15, 0.2) is 53.6 Å². The van der Waals surface area contributed by atoms with Crippen LogP contribution in [0.5, 0.6) is 0 Å². The Balaban J connectivity index is 1.70. The van der Waals surface area contributed by atoms with Crippen LogP contribution in [0.4, 0.5) is 0 Å². The number of nitrogens with one attached hydrogen (secondary N) is 1. The number of benzene rings is 1. The highest BCUT2D eigenvalue weighted by Gasteiger charge is 2.14. The summed E-state index contributed by atoms with van der Waals surface area (Å²) in [5, 5.41) is 6.61. The van der Waals surface area contributed by atoms with Gasteiger partial charge in [-0.25, -0.2) is 9.97 Å². The van der Waals surface area contributed by atoms with Crippen LogP contribution in [0.3, 0.4) is 0 Å². The molecule has 2 heterocycles. The van der Waals surface area contributed by atoms with Gasteiger partial charge in [-0.15, -0.1) is 0 Å². The van der Waals surface area contributed by atoms with Gasteiger partial charge in [-0.3, -0.25) is 4.79 Å². The zero-order valence-corrected chi connectivity index (χ0v) is 12.9. The highest BCUT2D eigenvalue weighted by atomic mass is 16.5. The Labute approximate surface area is 133 Å². The second-order valence-electron chi connectivity index (χ2n) is 5.27. The number of amides is 1. The first kappa shape index (κ1) is 14.9. The third-order valence-electron chi connectivity index (χ3n) is 3.51. The van der Waals surface area contributed by atoms with E-state index in [4.69, 9.17) is 4.52 Å². The van der Waals surface area contributed by atoms with E-state index < -0.39 is 0 Å². The molecule has 0 radical (unpaired) electrons. The molecule has 0 saturated carbocycles. The minimum absolute atomic E-state index is 0.138. The van der Waals surface area contributed by atoms with E-state index >= 15 is 0 Å². The van der Waals surface area contributed by atoms with Gasteiger partial charge in [0.15, 0.2) is 5.69 Å². The molecule has 0 fully saturated rings. The number of rotatable bonds is 4. The molecule has 0 unspecified atom stereocenters.